The molecule has 1 aliphatic heterocycles. The van der Waals surface area contributed by atoms with Crippen molar-refractivity contribution in [2.24, 2.45) is 4.99 Å². The SMILES string of the molecule is Cc1cn(Cc2cccc(C(=O)NCC3CCCO3)c2)c(=NC(=O)c2ccco2)s1. The van der Waals surface area contributed by atoms with E-state index in [-0.39, 0.29) is 17.8 Å². The molecule has 2 aromatic heterocycles. The third-order valence-electron chi connectivity index (χ3n) is 4.82. The second-order valence-electron chi connectivity index (χ2n) is 7.19. The molecule has 4 rings (SSSR count). The molecule has 1 aromatic carbocycles. The average Bonchev–Trinajstić information content (AvgIpc) is 3.50. The molecule has 0 spiro atoms. The first kappa shape index (κ1) is 20.3. The standard InChI is InChI=1S/C22H23N3O4S/c1-15-13-25(22(30-15)24-21(27)19-8-4-10-29-19)14-16-5-2-6-17(11-16)20(26)23-12-18-7-3-9-28-18/h2,4-6,8,10-11,13,18H,3,7,9,12,14H2,1H3,(H,23,26). The number of ether oxygens (including phenoxy) is 1. The van der Waals surface area contributed by atoms with Gasteiger partial charge in [0.15, 0.2) is 10.6 Å². The lowest BCUT2D eigenvalue weighted by Crippen LogP contribution is -2.31. The number of nitrogens with zero attached hydrogens (tertiary/aromatic N) is 2. The molecule has 0 radical (unpaired) electrons. The minimum atomic E-state index is -0.419. The van der Waals surface area contributed by atoms with E-state index in [1.54, 1.807) is 18.2 Å². The van der Waals surface area contributed by atoms with Crippen LogP contribution in [-0.4, -0.2) is 35.6 Å². The fraction of sp³-hybridized carbons (Fsp3) is 0.318. The number of nitrogens with one attached hydrogen (secondary N) is 1. The molecule has 1 atom stereocenters. The highest BCUT2D eigenvalue weighted by Gasteiger charge is 2.17. The fourth-order valence-corrected chi connectivity index (χ4v) is 4.20. The summed E-state index contributed by atoms with van der Waals surface area (Å²) in [7, 11) is 0. The van der Waals surface area contributed by atoms with Crippen molar-refractivity contribution in [3.63, 3.8) is 0 Å². The topological polar surface area (TPSA) is 85.8 Å². The summed E-state index contributed by atoms with van der Waals surface area (Å²) in [6.45, 7) is 3.76. The van der Waals surface area contributed by atoms with Gasteiger partial charge in [0.25, 0.3) is 5.91 Å². The van der Waals surface area contributed by atoms with Gasteiger partial charge in [-0.1, -0.05) is 12.1 Å². The molecule has 156 valence electrons. The van der Waals surface area contributed by atoms with Gasteiger partial charge in [-0.3, -0.25) is 9.59 Å². The predicted molar refractivity (Wildman–Crippen MR) is 112 cm³/mol. The number of hydrogen-bond acceptors (Lipinski definition) is 5. The summed E-state index contributed by atoms with van der Waals surface area (Å²) < 4.78 is 12.6. The summed E-state index contributed by atoms with van der Waals surface area (Å²) in [5, 5.41) is 2.95. The summed E-state index contributed by atoms with van der Waals surface area (Å²) in [6, 6.07) is 10.7. The van der Waals surface area contributed by atoms with Crippen LogP contribution in [0.4, 0.5) is 0 Å². The van der Waals surface area contributed by atoms with Crippen molar-refractivity contribution < 1.29 is 18.7 Å². The third-order valence-corrected chi connectivity index (χ3v) is 5.76. The van der Waals surface area contributed by atoms with E-state index in [1.807, 2.05) is 35.9 Å². The quantitative estimate of drug-likeness (QED) is 0.657. The molecular weight excluding hydrogens is 402 g/mol. The molecule has 8 heteroatoms. The van der Waals surface area contributed by atoms with Gasteiger partial charge in [-0.05, 0) is 49.6 Å². The Balaban J connectivity index is 1.49. The molecule has 0 bridgehead atoms. The summed E-state index contributed by atoms with van der Waals surface area (Å²) in [4.78, 5) is 30.6. The van der Waals surface area contributed by atoms with Crippen LogP contribution in [0.1, 0.15) is 44.2 Å². The number of amides is 2. The van der Waals surface area contributed by atoms with Crippen molar-refractivity contribution in [2.45, 2.75) is 32.4 Å². The van der Waals surface area contributed by atoms with E-state index >= 15 is 0 Å². The second kappa shape index (κ2) is 9.23. The molecule has 1 N–H and O–H groups in total. The zero-order valence-electron chi connectivity index (χ0n) is 16.7. The van der Waals surface area contributed by atoms with Gasteiger partial charge in [-0.2, -0.15) is 4.99 Å². The van der Waals surface area contributed by atoms with E-state index < -0.39 is 5.91 Å². The summed E-state index contributed by atoms with van der Waals surface area (Å²) in [6.07, 6.45) is 5.53. The molecule has 30 heavy (non-hydrogen) atoms. The Hall–Kier alpha value is -2.97. The Labute approximate surface area is 178 Å². The maximum atomic E-state index is 12.5. The molecule has 3 aromatic rings. The Morgan fingerprint density at radius 2 is 2.20 bits per heavy atom. The van der Waals surface area contributed by atoms with Gasteiger partial charge in [-0.25, -0.2) is 0 Å². The van der Waals surface area contributed by atoms with Gasteiger partial charge < -0.3 is 19.0 Å². The van der Waals surface area contributed by atoms with Crippen molar-refractivity contribution in [1.82, 2.24) is 9.88 Å². The van der Waals surface area contributed by atoms with E-state index in [2.05, 4.69) is 10.3 Å². The number of furan rings is 1. The number of benzene rings is 1. The van der Waals surface area contributed by atoms with Gasteiger partial charge in [0.1, 0.15) is 0 Å². The van der Waals surface area contributed by atoms with Crippen molar-refractivity contribution in [3.8, 4) is 0 Å². The molecule has 1 aliphatic rings. The van der Waals surface area contributed by atoms with E-state index in [0.29, 0.717) is 23.5 Å². The smallest absolute Gasteiger partial charge is 0.315 e. The van der Waals surface area contributed by atoms with Gasteiger partial charge >= 0.3 is 5.91 Å². The van der Waals surface area contributed by atoms with E-state index in [1.165, 1.54) is 17.6 Å². The first-order chi connectivity index (χ1) is 14.6. The summed E-state index contributed by atoms with van der Waals surface area (Å²) in [5.41, 5.74) is 1.55. The van der Waals surface area contributed by atoms with Crippen LogP contribution in [-0.2, 0) is 11.3 Å². The Bertz CT molecular complexity index is 1090. The van der Waals surface area contributed by atoms with Crippen LogP contribution in [0.5, 0.6) is 0 Å². The minimum Gasteiger partial charge on any atom is -0.459 e. The number of carbonyl (C=O) groups is 2. The van der Waals surface area contributed by atoms with Crippen LogP contribution >= 0.6 is 11.3 Å². The molecule has 2 amide bonds. The van der Waals surface area contributed by atoms with Crippen molar-refractivity contribution in [3.05, 3.63) is 75.4 Å². The van der Waals surface area contributed by atoms with E-state index in [4.69, 9.17) is 9.15 Å². The van der Waals surface area contributed by atoms with E-state index in [9.17, 15) is 9.59 Å². The van der Waals surface area contributed by atoms with Crippen molar-refractivity contribution in [1.29, 1.82) is 0 Å². The Morgan fingerprint density at radius 1 is 1.30 bits per heavy atom. The highest BCUT2D eigenvalue weighted by molar-refractivity contribution is 7.09. The largest absolute Gasteiger partial charge is 0.459 e. The minimum absolute atomic E-state index is 0.109. The number of aromatic nitrogens is 1. The number of aryl methyl sites for hydroxylation is 1. The molecule has 1 unspecified atom stereocenters. The predicted octanol–water partition coefficient (Wildman–Crippen LogP) is 3.15. The number of hydrogen-bond donors (Lipinski definition) is 1. The first-order valence-corrected chi connectivity index (χ1v) is 10.7. The lowest BCUT2D eigenvalue weighted by molar-refractivity contribution is 0.0857. The highest BCUT2D eigenvalue weighted by Crippen LogP contribution is 2.12. The normalized spacial score (nSPS) is 16.7. The maximum absolute atomic E-state index is 12.5. The van der Waals surface area contributed by atoms with Crippen LogP contribution in [0.3, 0.4) is 0 Å². The highest BCUT2D eigenvalue weighted by atomic mass is 32.1. The lowest BCUT2D eigenvalue weighted by atomic mass is 10.1. The maximum Gasteiger partial charge on any atom is 0.315 e. The zero-order chi connectivity index (χ0) is 20.9. The van der Waals surface area contributed by atoms with Crippen LogP contribution in [0.2, 0.25) is 0 Å². The second-order valence-corrected chi connectivity index (χ2v) is 8.41. The van der Waals surface area contributed by atoms with Crippen LogP contribution < -0.4 is 10.1 Å². The molecular formula is C22H23N3O4S. The Morgan fingerprint density at radius 3 is 2.97 bits per heavy atom. The zero-order valence-corrected chi connectivity index (χ0v) is 17.5. The number of rotatable bonds is 6. The van der Waals surface area contributed by atoms with E-state index in [0.717, 1.165) is 29.9 Å². The molecule has 1 saturated heterocycles. The number of thiazole rings is 1. The monoisotopic (exact) mass is 425 g/mol. The van der Waals surface area contributed by atoms with Gasteiger partial charge in [0, 0.05) is 36.3 Å². The molecule has 0 saturated carbocycles. The summed E-state index contributed by atoms with van der Waals surface area (Å²) in [5.74, 6) is -0.327. The van der Waals surface area contributed by atoms with Gasteiger partial charge in [0.2, 0.25) is 0 Å². The summed E-state index contributed by atoms with van der Waals surface area (Å²) >= 11 is 1.43. The molecule has 0 aliphatic carbocycles. The fourth-order valence-electron chi connectivity index (χ4n) is 3.37. The van der Waals surface area contributed by atoms with Crippen LogP contribution in [0, 0.1) is 6.92 Å². The van der Waals surface area contributed by atoms with Gasteiger partial charge in [-0.15, -0.1) is 11.3 Å². The first-order valence-electron chi connectivity index (χ1n) is 9.86. The van der Waals surface area contributed by atoms with Crippen molar-refractivity contribution >= 4 is 23.2 Å². The number of carbonyl (C=O) groups excluding carboxylic acids is 2. The third kappa shape index (κ3) is 4.95. The molecule has 1 fully saturated rings. The Kier molecular flexibility index (Phi) is 6.25. The van der Waals surface area contributed by atoms with Crippen LogP contribution in [0.15, 0.2) is 58.3 Å². The van der Waals surface area contributed by atoms with Crippen LogP contribution in [0.25, 0.3) is 0 Å². The lowest BCUT2D eigenvalue weighted by Gasteiger charge is -2.11. The molecule has 7 nitrogen and oxygen atoms in total. The van der Waals surface area contributed by atoms with Crippen molar-refractivity contribution in [2.75, 3.05) is 13.2 Å². The molecule has 3 heterocycles. The van der Waals surface area contributed by atoms with Gasteiger partial charge in [0.05, 0.1) is 12.4 Å². The average molecular weight is 426 g/mol.